The molecule has 28 heavy (non-hydrogen) atoms. The van der Waals surface area contributed by atoms with E-state index in [0.29, 0.717) is 12.2 Å². The van der Waals surface area contributed by atoms with Gasteiger partial charge < -0.3 is 19.5 Å². The lowest BCUT2D eigenvalue weighted by molar-refractivity contribution is -0.124. The van der Waals surface area contributed by atoms with Crippen LogP contribution in [0, 0.1) is 13.8 Å². The first-order valence-corrected chi connectivity index (χ1v) is 10.0. The van der Waals surface area contributed by atoms with E-state index in [2.05, 4.69) is 21.2 Å². The van der Waals surface area contributed by atoms with Crippen molar-refractivity contribution in [2.45, 2.75) is 45.8 Å². The van der Waals surface area contributed by atoms with Crippen LogP contribution in [0.2, 0.25) is 0 Å². The van der Waals surface area contributed by atoms with Crippen molar-refractivity contribution < 1.29 is 19.0 Å². The molecule has 0 saturated carbocycles. The van der Waals surface area contributed by atoms with Gasteiger partial charge in [0.05, 0.1) is 13.2 Å². The van der Waals surface area contributed by atoms with Crippen molar-refractivity contribution >= 4 is 21.8 Å². The summed E-state index contributed by atoms with van der Waals surface area (Å²) in [5.74, 6) is 1.99. The third kappa shape index (κ3) is 4.61. The van der Waals surface area contributed by atoms with Crippen LogP contribution in [0.25, 0.3) is 0 Å². The maximum atomic E-state index is 12.6. The van der Waals surface area contributed by atoms with Crippen LogP contribution in [0.15, 0.2) is 34.8 Å². The zero-order chi connectivity index (χ0) is 20.5. The molecule has 0 saturated heterocycles. The van der Waals surface area contributed by atoms with E-state index in [1.54, 1.807) is 7.11 Å². The average molecular weight is 448 g/mol. The lowest BCUT2D eigenvalue weighted by Gasteiger charge is -2.38. The monoisotopic (exact) mass is 447 g/mol. The highest BCUT2D eigenvalue weighted by molar-refractivity contribution is 9.10. The molecule has 1 aliphatic heterocycles. The minimum atomic E-state index is -0.391. The number of carbonyl (C=O) groups excluding carboxylic acids is 1. The van der Waals surface area contributed by atoms with Gasteiger partial charge in [0.2, 0.25) is 0 Å². The number of hydrogen-bond acceptors (Lipinski definition) is 4. The van der Waals surface area contributed by atoms with Crippen molar-refractivity contribution in [2.24, 2.45) is 0 Å². The quantitative estimate of drug-likeness (QED) is 0.709. The van der Waals surface area contributed by atoms with Crippen molar-refractivity contribution in [3.63, 3.8) is 0 Å². The summed E-state index contributed by atoms with van der Waals surface area (Å²) in [6.45, 7) is 7.99. The topological polar surface area (TPSA) is 56.8 Å². The molecule has 5 nitrogen and oxygen atoms in total. The summed E-state index contributed by atoms with van der Waals surface area (Å²) in [7, 11) is 1.62. The zero-order valence-corrected chi connectivity index (χ0v) is 18.5. The SMILES string of the molecule is COc1ccc2c(c1)OC(C)(C)CC2NC(=O)COc1cc(C)c(Br)c(C)c1. The Balaban J connectivity index is 1.70. The molecule has 0 radical (unpaired) electrons. The van der Waals surface area contributed by atoms with E-state index < -0.39 is 5.60 Å². The van der Waals surface area contributed by atoms with Crippen molar-refractivity contribution in [2.75, 3.05) is 13.7 Å². The van der Waals surface area contributed by atoms with E-state index in [1.165, 1.54) is 0 Å². The molecule has 1 heterocycles. The molecule has 1 amide bonds. The van der Waals surface area contributed by atoms with Crippen molar-refractivity contribution in [3.8, 4) is 17.2 Å². The first-order valence-electron chi connectivity index (χ1n) is 9.24. The standard InChI is InChI=1S/C22H26BrNO4/c1-13-8-16(9-14(2)21(13)23)27-12-20(25)24-18-11-22(3,4)28-19-10-15(26-5)6-7-17(18)19/h6-10,18H,11-12H2,1-5H3,(H,24,25). The fourth-order valence-corrected chi connectivity index (χ4v) is 3.69. The fraction of sp³-hybridized carbons (Fsp3) is 0.409. The Bertz CT molecular complexity index is 871. The van der Waals surface area contributed by atoms with Crippen molar-refractivity contribution in [3.05, 3.63) is 51.5 Å². The van der Waals surface area contributed by atoms with Crippen LogP contribution in [-0.2, 0) is 4.79 Å². The molecule has 0 aromatic heterocycles. The molecule has 0 spiro atoms. The summed E-state index contributed by atoms with van der Waals surface area (Å²) >= 11 is 3.54. The van der Waals surface area contributed by atoms with Crippen molar-refractivity contribution in [1.29, 1.82) is 0 Å². The highest BCUT2D eigenvalue weighted by Crippen LogP contribution is 2.41. The predicted octanol–water partition coefficient (Wildman–Crippen LogP) is 4.87. The number of benzene rings is 2. The van der Waals surface area contributed by atoms with Gasteiger partial charge in [-0.25, -0.2) is 0 Å². The molecule has 3 rings (SSSR count). The van der Waals surface area contributed by atoms with Gasteiger partial charge in [0.15, 0.2) is 6.61 Å². The van der Waals surface area contributed by atoms with E-state index in [0.717, 1.165) is 32.7 Å². The Labute approximate surface area is 174 Å². The molecular weight excluding hydrogens is 422 g/mol. The molecule has 1 N–H and O–H groups in total. The molecule has 1 unspecified atom stereocenters. The van der Waals surface area contributed by atoms with Crippen LogP contribution in [0.4, 0.5) is 0 Å². The lowest BCUT2D eigenvalue weighted by Crippen LogP contribution is -2.42. The number of fused-ring (bicyclic) bond motifs is 1. The van der Waals surface area contributed by atoms with E-state index in [1.807, 2.05) is 58.0 Å². The minimum Gasteiger partial charge on any atom is -0.497 e. The molecule has 2 aromatic carbocycles. The zero-order valence-electron chi connectivity index (χ0n) is 16.9. The van der Waals surface area contributed by atoms with E-state index in [4.69, 9.17) is 14.2 Å². The van der Waals surface area contributed by atoms with Crippen LogP contribution < -0.4 is 19.5 Å². The van der Waals surface area contributed by atoms with Gasteiger partial charge in [-0.2, -0.15) is 0 Å². The Morgan fingerprint density at radius 3 is 2.54 bits per heavy atom. The van der Waals surface area contributed by atoms with Gasteiger partial charge in [-0.1, -0.05) is 15.9 Å². The summed E-state index contributed by atoms with van der Waals surface area (Å²) in [5, 5.41) is 3.09. The third-order valence-electron chi connectivity index (χ3n) is 4.79. The number of carbonyl (C=O) groups is 1. The van der Waals surface area contributed by atoms with Gasteiger partial charge in [0.25, 0.3) is 5.91 Å². The maximum absolute atomic E-state index is 12.6. The van der Waals surface area contributed by atoms with Gasteiger partial charge in [-0.3, -0.25) is 4.79 Å². The number of halogens is 1. The number of amides is 1. The van der Waals surface area contributed by atoms with Crippen LogP contribution in [0.1, 0.15) is 43.0 Å². The normalized spacial score (nSPS) is 17.3. The second kappa shape index (κ2) is 8.03. The predicted molar refractivity (Wildman–Crippen MR) is 112 cm³/mol. The van der Waals surface area contributed by atoms with Gasteiger partial charge in [-0.05, 0) is 63.1 Å². The number of ether oxygens (including phenoxy) is 3. The first-order chi connectivity index (χ1) is 13.2. The largest absolute Gasteiger partial charge is 0.497 e. The van der Waals surface area contributed by atoms with Crippen molar-refractivity contribution in [1.82, 2.24) is 5.32 Å². The molecule has 0 aliphatic carbocycles. The number of aryl methyl sites for hydroxylation is 2. The van der Waals surface area contributed by atoms with Crippen LogP contribution in [0.3, 0.4) is 0 Å². The minimum absolute atomic E-state index is 0.0379. The second-order valence-corrected chi connectivity index (χ2v) is 8.54. The molecule has 150 valence electrons. The summed E-state index contributed by atoms with van der Waals surface area (Å²) in [6.07, 6.45) is 0.675. The molecule has 0 bridgehead atoms. The smallest absolute Gasteiger partial charge is 0.258 e. The van der Waals surface area contributed by atoms with E-state index in [9.17, 15) is 4.79 Å². The Morgan fingerprint density at radius 2 is 1.89 bits per heavy atom. The van der Waals surface area contributed by atoms with Gasteiger partial charge in [-0.15, -0.1) is 0 Å². The first kappa shape index (κ1) is 20.5. The number of methoxy groups -OCH3 is 1. The molecule has 2 aromatic rings. The highest BCUT2D eigenvalue weighted by atomic mass is 79.9. The molecule has 1 aliphatic rings. The molecule has 0 fully saturated rings. The number of rotatable bonds is 5. The average Bonchev–Trinajstić information content (AvgIpc) is 2.62. The summed E-state index contributed by atoms with van der Waals surface area (Å²) in [6, 6.07) is 9.38. The van der Waals surface area contributed by atoms with Gasteiger partial charge >= 0.3 is 0 Å². The van der Waals surface area contributed by atoms with Crippen LogP contribution in [0.5, 0.6) is 17.2 Å². The second-order valence-electron chi connectivity index (χ2n) is 7.75. The maximum Gasteiger partial charge on any atom is 0.258 e. The summed E-state index contributed by atoms with van der Waals surface area (Å²) in [4.78, 5) is 12.6. The highest BCUT2D eigenvalue weighted by Gasteiger charge is 2.34. The third-order valence-corrected chi connectivity index (χ3v) is 6.04. The fourth-order valence-electron chi connectivity index (χ4n) is 3.46. The van der Waals surface area contributed by atoms with Gasteiger partial charge in [0, 0.05) is 22.5 Å². The Kier molecular flexibility index (Phi) is 5.89. The van der Waals surface area contributed by atoms with E-state index >= 15 is 0 Å². The number of nitrogens with one attached hydrogen (secondary N) is 1. The molecule has 1 atom stereocenters. The Morgan fingerprint density at radius 1 is 1.21 bits per heavy atom. The van der Waals surface area contributed by atoms with E-state index in [-0.39, 0.29) is 18.6 Å². The molecule has 6 heteroatoms. The van der Waals surface area contributed by atoms with Gasteiger partial charge in [0.1, 0.15) is 22.8 Å². The van der Waals surface area contributed by atoms with Crippen LogP contribution >= 0.6 is 15.9 Å². The summed E-state index contributed by atoms with van der Waals surface area (Å²) in [5.41, 5.74) is 2.70. The lowest BCUT2D eigenvalue weighted by atomic mass is 9.89. The molecular formula is C22H26BrNO4. The Hall–Kier alpha value is -2.21. The summed E-state index contributed by atoms with van der Waals surface area (Å²) < 4.78 is 18.1. The van der Waals surface area contributed by atoms with Crippen LogP contribution in [-0.4, -0.2) is 25.2 Å². The number of hydrogen-bond donors (Lipinski definition) is 1.